The molecule has 0 saturated carbocycles. The Hall–Kier alpha value is -2.88. The van der Waals surface area contributed by atoms with Crippen molar-refractivity contribution in [1.82, 2.24) is 0 Å². The molecule has 2 aromatic rings. The number of carbonyl (C=O) groups is 1. The molecule has 0 radical (unpaired) electrons. The fourth-order valence-corrected chi connectivity index (χ4v) is 2.44. The quantitative estimate of drug-likeness (QED) is 0.878. The summed E-state index contributed by atoms with van der Waals surface area (Å²) in [5.41, 5.74) is 3.00. The van der Waals surface area contributed by atoms with Gasteiger partial charge in [0.1, 0.15) is 11.5 Å². The van der Waals surface area contributed by atoms with Crippen molar-refractivity contribution in [2.75, 3.05) is 7.11 Å². The fourth-order valence-electron chi connectivity index (χ4n) is 2.44. The van der Waals surface area contributed by atoms with E-state index < -0.39 is 0 Å². The van der Waals surface area contributed by atoms with Crippen molar-refractivity contribution >= 4 is 18.1 Å². The van der Waals surface area contributed by atoms with Gasteiger partial charge in [-0.3, -0.25) is 9.79 Å². The Bertz CT molecular complexity index is 791. The Morgan fingerprint density at radius 2 is 2.00 bits per heavy atom. The molecule has 0 unspecified atom stereocenters. The van der Waals surface area contributed by atoms with Gasteiger partial charge >= 0.3 is 0 Å². The van der Waals surface area contributed by atoms with E-state index in [1.807, 2.05) is 6.07 Å². The molecular weight excluding hydrogens is 278 g/mol. The van der Waals surface area contributed by atoms with Crippen molar-refractivity contribution in [1.29, 1.82) is 0 Å². The van der Waals surface area contributed by atoms with Crippen molar-refractivity contribution in [2.45, 2.75) is 6.42 Å². The lowest BCUT2D eigenvalue weighted by atomic mass is 9.95. The lowest BCUT2D eigenvalue weighted by molar-refractivity contribution is 0.0992. The van der Waals surface area contributed by atoms with Gasteiger partial charge in [0.2, 0.25) is 0 Å². The maximum absolute atomic E-state index is 12.6. The van der Waals surface area contributed by atoms with E-state index in [-0.39, 0.29) is 18.0 Å². The number of hydrogen-bond acceptors (Lipinski definition) is 4. The molecule has 2 aromatic carbocycles. The molecule has 0 bridgehead atoms. The Morgan fingerprint density at radius 3 is 2.82 bits per heavy atom. The first-order valence-electron chi connectivity index (χ1n) is 6.90. The molecule has 0 spiro atoms. The van der Waals surface area contributed by atoms with Gasteiger partial charge < -0.3 is 9.84 Å². The highest BCUT2D eigenvalue weighted by Gasteiger charge is 2.14. The standard InChI is InChI=1S/C18H15NO3/c1-22-16-4-5-17-13(9-16)6-7-19-11-14-8-15(20)3-2-12(14)10-18(17)21/h2-9,11,20H,10H2,1H3. The number of methoxy groups -OCH3 is 1. The average molecular weight is 293 g/mol. The van der Waals surface area contributed by atoms with Crippen molar-refractivity contribution in [3.63, 3.8) is 0 Å². The van der Waals surface area contributed by atoms with Crippen LogP contribution in [0.15, 0.2) is 47.6 Å². The molecule has 0 aromatic heterocycles. The first-order chi connectivity index (χ1) is 10.7. The molecule has 3 rings (SSSR count). The number of ether oxygens (including phenoxy) is 1. The SMILES string of the molecule is COc1ccc2c(c1)C=CN=Cc1cc(O)ccc1CC2=O. The molecule has 22 heavy (non-hydrogen) atoms. The molecule has 0 amide bonds. The summed E-state index contributed by atoms with van der Waals surface area (Å²) in [6.45, 7) is 0. The molecule has 0 fully saturated rings. The molecule has 0 atom stereocenters. The monoisotopic (exact) mass is 293 g/mol. The number of nitrogens with zero attached hydrogens (tertiary/aromatic N) is 1. The van der Waals surface area contributed by atoms with Gasteiger partial charge in [0, 0.05) is 30.0 Å². The number of phenols is 1. The number of Topliss-reactive ketones (excluding diaryl/α,β-unsaturated/α-hetero) is 1. The van der Waals surface area contributed by atoms with Crippen molar-refractivity contribution in [3.8, 4) is 11.5 Å². The van der Waals surface area contributed by atoms with E-state index in [0.29, 0.717) is 11.3 Å². The molecule has 0 saturated heterocycles. The van der Waals surface area contributed by atoms with Crippen LogP contribution in [-0.4, -0.2) is 24.2 Å². The van der Waals surface area contributed by atoms with Crippen molar-refractivity contribution < 1.29 is 14.6 Å². The zero-order valence-corrected chi connectivity index (χ0v) is 12.1. The minimum absolute atomic E-state index is 0.0181. The van der Waals surface area contributed by atoms with E-state index in [2.05, 4.69) is 4.99 Å². The predicted molar refractivity (Wildman–Crippen MR) is 85.8 cm³/mol. The second-order valence-corrected chi connectivity index (χ2v) is 5.03. The van der Waals surface area contributed by atoms with Crippen molar-refractivity contribution in [2.24, 2.45) is 4.99 Å². The average Bonchev–Trinajstić information content (AvgIpc) is 2.53. The van der Waals surface area contributed by atoms with E-state index in [9.17, 15) is 9.90 Å². The highest BCUT2D eigenvalue weighted by Crippen LogP contribution is 2.23. The van der Waals surface area contributed by atoms with Crippen LogP contribution in [0.3, 0.4) is 0 Å². The minimum atomic E-state index is 0.0181. The number of hydrogen-bond donors (Lipinski definition) is 1. The summed E-state index contributed by atoms with van der Waals surface area (Å²) in [6, 6.07) is 10.3. The zero-order chi connectivity index (χ0) is 15.5. The van der Waals surface area contributed by atoms with Crippen molar-refractivity contribution in [3.05, 3.63) is 64.9 Å². The fraction of sp³-hybridized carbons (Fsp3) is 0.111. The first kappa shape index (κ1) is 14.1. The van der Waals surface area contributed by atoms with Crippen LogP contribution in [0, 0.1) is 0 Å². The number of carbonyl (C=O) groups excluding carboxylic acids is 1. The summed E-state index contributed by atoms with van der Waals surface area (Å²) in [7, 11) is 1.59. The number of phenolic OH excluding ortho intramolecular Hbond substituents is 1. The normalized spacial score (nSPS) is 13.4. The second-order valence-electron chi connectivity index (χ2n) is 5.03. The van der Waals surface area contributed by atoms with Gasteiger partial charge in [0.05, 0.1) is 7.11 Å². The zero-order valence-electron chi connectivity index (χ0n) is 12.1. The molecule has 1 aliphatic rings. The molecule has 4 heteroatoms. The highest BCUT2D eigenvalue weighted by atomic mass is 16.5. The first-order valence-corrected chi connectivity index (χ1v) is 6.90. The minimum Gasteiger partial charge on any atom is -0.508 e. The molecule has 1 N–H and O–H groups in total. The van der Waals surface area contributed by atoms with Crippen LogP contribution in [0.4, 0.5) is 0 Å². The van der Waals surface area contributed by atoms with Crippen LogP contribution in [0.2, 0.25) is 0 Å². The van der Waals surface area contributed by atoms with Crippen LogP contribution in [-0.2, 0) is 6.42 Å². The van der Waals surface area contributed by atoms with Crippen LogP contribution >= 0.6 is 0 Å². The number of benzene rings is 2. The molecule has 4 nitrogen and oxygen atoms in total. The van der Waals surface area contributed by atoms with E-state index in [4.69, 9.17) is 4.74 Å². The van der Waals surface area contributed by atoms with Gasteiger partial charge in [-0.15, -0.1) is 0 Å². The number of ketones is 1. The van der Waals surface area contributed by atoms with Crippen LogP contribution in [0.5, 0.6) is 11.5 Å². The van der Waals surface area contributed by atoms with Gasteiger partial charge in [-0.2, -0.15) is 0 Å². The highest BCUT2D eigenvalue weighted by molar-refractivity contribution is 6.02. The third-order valence-corrected chi connectivity index (χ3v) is 3.59. The summed E-state index contributed by atoms with van der Waals surface area (Å²) >= 11 is 0. The van der Waals surface area contributed by atoms with Gasteiger partial charge in [-0.25, -0.2) is 0 Å². The van der Waals surface area contributed by atoms with E-state index in [0.717, 1.165) is 16.7 Å². The molecule has 1 heterocycles. The molecule has 1 aliphatic heterocycles. The van der Waals surface area contributed by atoms with Gasteiger partial charge in [0.25, 0.3) is 0 Å². The van der Waals surface area contributed by atoms with Gasteiger partial charge in [-0.05, 0) is 47.5 Å². The maximum Gasteiger partial charge on any atom is 0.167 e. The molecule has 0 aliphatic carbocycles. The van der Waals surface area contributed by atoms with Crippen LogP contribution in [0.1, 0.15) is 27.0 Å². The summed E-state index contributed by atoms with van der Waals surface area (Å²) in [6.07, 6.45) is 5.31. The molecular formula is C18H15NO3. The van der Waals surface area contributed by atoms with E-state index in [1.54, 1.807) is 55.9 Å². The Balaban J connectivity index is 2.10. The number of aliphatic imine (C=N–C) groups is 1. The Labute approximate surface area is 128 Å². The lowest BCUT2D eigenvalue weighted by Gasteiger charge is -2.11. The van der Waals surface area contributed by atoms with E-state index in [1.165, 1.54) is 0 Å². The predicted octanol–water partition coefficient (Wildman–Crippen LogP) is 3.23. The van der Waals surface area contributed by atoms with Gasteiger partial charge in [-0.1, -0.05) is 6.07 Å². The molecule has 110 valence electrons. The number of fused-ring (bicyclic) bond motifs is 2. The van der Waals surface area contributed by atoms with E-state index >= 15 is 0 Å². The summed E-state index contributed by atoms with van der Waals surface area (Å²) < 4.78 is 5.20. The van der Waals surface area contributed by atoms with Crippen LogP contribution in [0.25, 0.3) is 6.08 Å². The topological polar surface area (TPSA) is 58.9 Å². The summed E-state index contributed by atoms with van der Waals surface area (Å²) in [4.78, 5) is 16.8. The largest absolute Gasteiger partial charge is 0.508 e. The second kappa shape index (κ2) is 5.85. The van der Waals surface area contributed by atoms with Crippen LogP contribution < -0.4 is 4.74 Å². The van der Waals surface area contributed by atoms with Gasteiger partial charge in [0.15, 0.2) is 5.78 Å². The third kappa shape index (κ3) is 2.76. The number of rotatable bonds is 1. The third-order valence-electron chi connectivity index (χ3n) is 3.59. The number of aromatic hydroxyl groups is 1. The Kier molecular flexibility index (Phi) is 3.74. The maximum atomic E-state index is 12.6. The summed E-state index contributed by atoms with van der Waals surface area (Å²) in [5, 5.41) is 9.58. The Morgan fingerprint density at radius 1 is 1.14 bits per heavy atom. The lowest BCUT2D eigenvalue weighted by Crippen LogP contribution is -2.08. The summed E-state index contributed by atoms with van der Waals surface area (Å²) in [5.74, 6) is 0.871. The smallest absolute Gasteiger partial charge is 0.167 e.